The summed E-state index contributed by atoms with van der Waals surface area (Å²) in [6, 6.07) is 13.1. The number of rotatable bonds is 2. The van der Waals surface area contributed by atoms with Gasteiger partial charge in [0, 0.05) is 33.2 Å². The van der Waals surface area contributed by atoms with Gasteiger partial charge in [-0.2, -0.15) is 0 Å². The molecule has 2 aliphatic heterocycles. The number of halogens is 1. The van der Waals surface area contributed by atoms with E-state index < -0.39 is 0 Å². The van der Waals surface area contributed by atoms with E-state index in [0.29, 0.717) is 16.9 Å². The summed E-state index contributed by atoms with van der Waals surface area (Å²) in [6.45, 7) is 0. The fourth-order valence-corrected chi connectivity index (χ4v) is 6.99. The highest BCUT2D eigenvalue weighted by molar-refractivity contribution is 6.51. The molecule has 5 heteroatoms. The Kier molecular flexibility index (Phi) is 6.01. The summed E-state index contributed by atoms with van der Waals surface area (Å²) < 4.78 is 0. The Morgan fingerprint density at radius 3 is 1.86 bits per heavy atom. The summed E-state index contributed by atoms with van der Waals surface area (Å²) in [6.07, 6.45) is 18.9. The SMILES string of the molecule is ClC1=Cc2nc1cc1nc(c(C3CCCCC3)c3ccc(cc4ccc([nH]4)c2C2CCCCC2)[nH]3)C=C1. The third-order valence-electron chi connectivity index (χ3n) is 8.58. The van der Waals surface area contributed by atoms with Crippen LogP contribution in [-0.2, 0) is 0 Å². The normalized spacial score (nSPS) is 18.8. The second-order valence-corrected chi connectivity index (χ2v) is 11.5. The predicted molar refractivity (Wildman–Crippen MR) is 155 cm³/mol. The van der Waals surface area contributed by atoms with Gasteiger partial charge >= 0.3 is 0 Å². The number of hydrogen-bond acceptors (Lipinski definition) is 2. The number of hydrogen-bond donors (Lipinski definition) is 2. The van der Waals surface area contributed by atoms with E-state index in [4.69, 9.17) is 21.6 Å². The highest BCUT2D eigenvalue weighted by Crippen LogP contribution is 2.40. The molecule has 4 nitrogen and oxygen atoms in total. The van der Waals surface area contributed by atoms with Crippen LogP contribution in [0.1, 0.15) is 110 Å². The van der Waals surface area contributed by atoms with Crippen LogP contribution in [0.3, 0.4) is 0 Å². The fourth-order valence-electron chi connectivity index (χ4n) is 6.79. The minimum atomic E-state index is 0.492. The maximum absolute atomic E-state index is 6.79. The molecule has 188 valence electrons. The van der Waals surface area contributed by atoms with E-state index in [0.717, 1.165) is 39.3 Å². The molecule has 8 bridgehead atoms. The van der Waals surface area contributed by atoms with Crippen molar-refractivity contribution in [3.8, 4) is 0 Å². The lowest BCUT2D eigenvalue weighted by Gasteiger charge is -2.22. The van der Waals surface area contributed by atoms with Gasteiger partial charge in [-0.05, 0) is 92.1 Å². The first-order valence-electron chi connectivity index (χ1n) is 14.0. The molecule has 2 N–H and O–H groups in total. The van der Waals surface area contributed by atoms with Gasteiger partial charge in [0.2, 0.25) is 0 Å². The molecule has 0 radical (unpaired) electrons. The zero-order chi connectivity index (χ0) is 24.8. The van der Waals surface area contributed by atoms with E-state index >= 15 is 0 Å². The van der Waals surface area contributed by atoms with Crippen LogP contribution in [0.2, 0.25) is 0 Å². The third-order valence-corrected chi connectivity index (χ3v) is 8.89. The first-order valence-corrected chi connectivity index (χ1v) is 14.4. The van der Waals surface area contributed by atoms with Gasteiger partial charge in [0.05, 0.1) is 27.8 Å². The first-order chi connectivity index (χ1) is 18.2. The Balaban J connectivity index is 1.51. The van der Waals surface area contributed by atoms with Crippen molar-refractivity contribution in [2.45, 2.75) is 76.0 Å². The van der Waals surface area contributed by atoms with Crippen molar-refractivity contribution in [1.29, 1.82) is 0 Å². The Morgan fingerprint density at radius 1 is 0.649 bits per heavy atom. The van der Waals surface area contributed by atoms with Gasteiger partial charge in [0.1, 0.15) is 0 Å². The zero-order valence-electron chi connectivity index (χ0n) is 21.2. The zero-order valence-corrected chi connectivity index (χ0v) is 22.0. The highest BCUT2D eigenvalue weighted by atomic mass is 35.5. The van der Waals surface area contributed by atoms with E-state index in [-0.39, 0.29) is 0 Å². The molecule has 3 aromatic heterocycles. The quantitative estimate of drug-likeness (QED) is 0.283. The molecule has 0 unspecified atom stereocenters. The molecule has 0 saturated heterocycles. The molecule has 0 amide bonds. The summed E-state index contributed by atoms with van der Waals surface area (Å²) in [5.41, 5.74) is 11.0. The summed E-state index contributed by atoms with van der Waals surface area (Å²) >= 11 is 6.79. The van der Waals surface area contributed by atoms with Gasteiger partial charge in [-0.25, -0.2) is 9.97 Å². The van der Waals surface area contributed by atoms with E-state index in [1.54, 1.807) is 0 Å². The van der Waals surface area contributed by atoms with Gasteiger partial charge in [0.25, 0.3) is 0 Å². The number of aromatic nitrogens is 4. The van der Waals surface area contributed by atoms with E-state index in [2.05, 4.69) is 58.5 Å². The lowest BCUT2D eigenvalue weighted by atomic mass is 9.83. The molecule has 37 heavy (non-hydrogen) atoms. The Bertz CT molecular complexity index is 1560. The Labute approximate surface area is 222 Å². The van der Waals surface area contributed by atoms with Crippen molar-refractivity contribution in [2.75, 3.05) is 0 Å². The van der Waals surface area contributed by atoms with E-state index in [1.807, 2.05) is 6.07 Å². The van der Waals surface area contributed by atoms with Crippen molar-refractivity contribution in [1.82, 2.24) is 19.9 Å². The molecule has 2 aliphatic carbocycles. The number of H-pyrrole nitrogens is 2. The van der Waals surface area contributed by atoms with Crippen molar-refractivity contribution < 1.29 is 0 Å². The van der Waals surface area contributed by atoms with Gasteiger partial charge in [-0.1, -0.05) is 50.1 Å². The van der Waals surface area contributed by atoms with Crippen LogP contribution in [0.4, 0.5) is 0 Å². The summed E-state index contributed by atoms with van der Waals surface area (Å²) in [5, 5.41) is 0.695. The van der Waals surface area contributed by atoms with Crippen molar-refractivity contribution in [3.63, 3.8) is 0 Å². The van der Waals surface area contributed by atoms with E-state index in [1.165, 1.54) is 80.9 Å². The molecule has 4 aliphatic rings. The molecule has 5 heterocycles. The van der Waals surface area contributed by atoms with Crippen LogP contribution in [0.25, 0.3) is 45.3 Å². The minimum absolute atomic E-state index is 0.492. The maximum atomic E-state index is 6.79. The van der Waals surface area contributed by atoms with Crippen LogP contribution < -0.4 is 0 Å². The number of aromatic amines is 2. The summed E-state index contributed by atoms with van der Waals surface area (Å²) in [4.78, 5) is 17.6. The maximum Gasteiger partial charge on any atom is 0.0845 e. The Hall–Kier alpha value is -3.11. The average Bonchev–Trinajstić information content (AvgIpc) is 3.72. The van der Waals surface area contributed by atoms with Crippen LogP contribution in [0.5, 0.6) is 0 Å². The first kappa shape index (κ1) is 23.0. The number of nitrogens with zero attached hydrogens (tertiary/aromatic N) is 2. The van der Waals surface area contributed by atoms with Crippen LogP contribution in [-0.4, -0.2) is 19.9 Å². The monoisotopic (exact) mass is 508 g/mol. The lowest BCUT2D eigenvalue weighted by Crippen LogP contribution is -2.06. The largest absolute Gasteiger partial charge is 0.355 e. The number of nitrogens with one attached hydrogen (secondary N) is 2. The molecular weight excluding hydrogens is 476 g/mol. The standard InChI is InChI=1S/C32H33ClN4/c33-25-19-30-32(21-9-5-2-6-10-21)28-15-12-23(35-28)17-22-11-14-26(34-22)31(20-7-3-1-4-8-20)27-16-13-24(36-27)18-29(25)37-30/h11-21,34-35H,1-10H2. The molecule has 0 aromatic carbocycles. The van der Waals surface area contributed by atoms with E-state index in [9.17, 15) is 0 Å². The molecule has 0 atom stereocenters. The van der Waals surface area contributed by atoms with Gasteiger partial charge < -0.3 is 9.97 Å². The molecule has 7 rings (SSSR count). The predicted octanol–water partition coefficient (Wildman–Crippen LogP) is 9.32. The molecule has 2 saturated carbocycles. The Morgan fingerprint density at radius 2 is 1.24 bits per heavy atom. The van der Waals surface area contributed by atoms with Gasteiger partial charge in [-0.15, -0.1) is 0 Å². The minimum Gasteiger partial charge on any atom is -0.355 e. The van der Waals surface area contributed by atoms with Crippen LogP contribution >= 0.6 is 11.6 Å². The van der Waals surface area contributed by atoms with Crippen molar-refractivity contribution in [2.24, 2.45) is 0 Å². The molecule has 3 aromatic rings. The van der Waals surface area contributed by atoms with Crippen LogP contribution in [0, 0.1) is 0 Å². The van der Waals surface area contributed by atoms with Gasteiger partial charge in [-0.3, -0.25) is 0 Å². The van der Waals surface area contributed by atoms with Crippen molar-refractivity contribution in [3.05, 3.63) is 70.3 Å². The third kappa shape index (κ3) is 4.46. The molecule has 0 spiro atoms. The second kappa shape index (κ2) is 9.64. The highest BCUT2D eigenvalue weighted by Gasteiger charge is 2.24. The van der Waals surface area contributed by atoms with Crippen molar-refractivity contribution >= 4 is 56.9 Å². The molecular formula is C32H33ClN4. The summed E-state index contributed by atoms with van der Waals surface area (Å²) in [7, 11) is 0. The van der Waals surface area contributed by atoms with Gasteiger partial charge in [0.15, 0.2) is 0 Å². The lowest BCUT2D eigenvalue weighted by molar-refractivity contribution is 0.444. The van der Waals surface area contributed by atoms with Crippen LogP contribution in [0.15, 0.2) is 36.4 Å². The summed E-state index contributed by atoms with van der Waals surface area (Å²) in [5.74, 6) is 1.02. The molecule has 2 fully saturated rings. The smallest absolute Gasteiger partial charge is 0.0845 e. The average molecular weight is 509 g/mol. The fraction of sp³-hybridized carbons (Fsp3) is 0.375. The number of fused-ring (bicyclic) bond motifs is 8. The second-order valence-electron chi connectivity index (χ2n) is 11.1. The topological polar surface area (TPSA) is 57.4 Å².